The van der Waals surface area contributed by atoms with Crippen LogP contribution < -0.4 is 20.1 Å². The summed E-state index contributed by atoms with van der Waals surface area (Å²) >= 11 is 0. The van der Waals surface area contributed by atoms with Crippen LogP contribution in [0.15, 0.2) is 12.1 Å². The zero-order valence-electron chi connectivity index (χ0n) is 10.8. The molecule has 6 nitrogen and oxygen atoms in total. The number of piperidine rings is 1. The molecule has 0 atom stereocenters. The molecule has 1 aromatic rings. The van der Waals surface area contributed by atoms with Gasteiger partial charge in [0.05, 0.1) is 11.1 Å². The average molecular weight is 274 g/mol. The predicted molar refractivity (Wildman–Crippen MR) is 69.2 cm³/mol. The normalized spacial score (nSPS) is 22.6. The van der Waals surface area contributed by atoms with Crippen molar-refractivity contribution in [3.63, 3.8) is 0 Å². The first-order valence-electron chi connectivity index (χ1n) is 6.74. The molecule has 1 spiro atoms. The lowest BCUT2D eigenvalue weighted by atomic mass is 9.91. The molecule has 3 heterocycles. The van der Waals surface area contributed by atoms with E-state index in [2.05, 4.69) is 10.6 Å². The summed E-state index contributed by atoms with van der Waals surface area (Å²) in [4.78, 5) is 23.6. The van der Waals surface area contributed by atoms with Gasteiger partial charge >= 0.3 is 0 Å². The Bertz CT molecular complexity index is 620. The summed E-state index contributed by atoms with van der Waals surface area (Å²) in [6.07, 6.45) is 1.65. The summed E-state index contributed by atoms with van der Waals surface area (Å²) in [7, 11) is 0. The molecule has 0 saturated carbocycles. The number of fused-ring (bicyclic) bond motifs is 3. The molecule has 1 fully saturated rings. The van der Waals surface area contributed by atoms with Crippen LogP contribution in [-0.2, 0) is 0 Å². The fraction of sp³-hybridized carbons (Fsp3) is 0.429. The molecule has 1 saturated heterocycles. The minimum Gasteiger partial charge on any atom is -0.485 e. The Balaban J connectivity index is 1.80. The summed E-state index contributed by atoms with van der Waals surface area (Å²) < 4.78 is 11.9. The van der Waals surface area contributed by atoms with Crippen LogP contribution in [0.25, 0.3) is 0 Å². The van der Waals surface area contributed by atoms with Crippen molar-refractivity contribution in [3.05, 3.63) is 23.3 Å². The van der Waals surface area contributed by atoms with Crippen molar-refractivity contribution in [2.24, 2.45) is 0 Å². The molecule has 1 aromatic carbocycles. The van der Waals surface area contributed by atoms with Crippen molar-refractivity contribution in [1.29, 1.82) is 0 Å². The number of nitrogens with one attached hydrogen (secondary N) is 2. The third kappa shape index (κ3) is 1.54. The van der Waals surface area contributed by atoms with Gasteiger partial charge in [0.25, 0.3) is 11.8 Å². The Morgan fingerprint density at radius 1 is 1.10 bits per heavy atom. The molecule has 2 amide bonds. The van der Waals surface area contributed by atoms with E-state index in [1.54, 1.807) is 12.1 Å². The van der Waals surface area contributed by atoms with Gasteiger partial charge in [0, 0.05) is 12.8 Å². The second-order valence-electron chi connectivity index (χ2n) is 5.42. The molecule has 6 heteroatoms. The van der Waals surface area contributed by atoms with Gasteiger partial charge in [-0.15, -0.1) is 0 Å². The number of benzene rings is 1. The molecule has 0 unspecified atom stereocenters. The first kappa shape index (κ1) is 11.7. The highest BCUT2D eigenvalue weighted by molar-refractivity contribution is 6.23. The molecule has 2 N–H and O–H groups in total. The summed E-state index contributed by atoms with van der Waals surface area (Å²) in [5.41, 5.74) is 0.285. The first-order chi connectivity index (χ1) is 9.69. The van der Waals surface area contributed by atoms with Gasteiger partial charge in [-0.25, -0.2) is 0 Å². The van der Waals surface area contributed by atoms with E-state index < -0.39 is 5.91 Å². The number of ether oxygens (including phenoxy) is 2. The van der Waals surface area contributed by atoms with Crippen molar-refractivity contribution < 1.29 is 19.1 Å². The lowest BCUT2D eigenvalue weighted by Crippen LogP contribution is -2.52. The highest BCUT2D eigenvalue weighted by Crippen LogP contribution is 2.43. The van der Waals surface area contributed by atoms with E-state index in [1.165, 1.54) is 0 Å². The maximum atomic E-state index is 11.9. The zero-order valence-corrected chi connectivity index (χ0v) is 10.8. The second kappa shape index (κ2) is 3.96. The summed E-state index contributed by atoms with van der Waals surface area (Å²) in [5, 5.41) is 5.58. The van der Waals surface area contributed by atoms with Crippen LogP contribution in [0.5, 0.6) is 11.5 Å². The van der Waals surface area contributed by atoms with Gasteiger partial charge in [-0.05, 0) is 25.2 Å². The van der Waals surface area contributed by atoms with Crippen molar-refractivity contribution in [3.8, 4) is 11.5 Å². The van der Waals surface area contributed by atoms with Crippen molar-refractivity contribution >= 4 is 11.8 Å². The number of imide groups is 1. The molecule has 3 aliphatic heterocycles. The smallest absolute Gasteiger partial charge is 0.262 e. The number of carbonyl (C=O) groups excluding carboxylic acids is 2. The molecule has 3 aliphatic rings. The lowest BCUT2D eigenvalue weighted by molar-refractivity contribution is -0.0307. The topological polar surface area (TPSA) is 76.7 Å². The Labute approximate surface area is 115 Å². The van der Waals surface area contributed by atoms with Gasteiger partial charge in [0.1, 0.15) is 12.2 Å². The second-order valence-corrected chi connectivity index (χ2v) is 5.42. The minimum atomic E-state index is -0.406. The largest absolute Gasteiger partial charge is 0.485 e. The zero-order chi connectivity index (χ0) is 13.7. The van der Waals surface area contributed by atoms with Crippen LogP contribution in [0.3, 0.4) is 0 Å². The quantitative estimate of drug-likeness (QED) is 0.672. The number of amides is 2. The van der Waals surface area contributed by atoms with Crippen LogP contribution in [0, 0.1) is 0 Å². The average Bonchev–Trinajstić information content (AvgIpc) is 2.75. The van der Waals surface area contributed by atoms with Gasteiger partial charge < -0.3 is 14.8 Å². The van der Waals surface area contributed by atoms with E-state index >= 15 is 0 Å². The number of hydrogen-bond donors (Lipinski definition) is 2. The van der Waals surface area contributed by atoms with E-state index in [9.17, 15) is 9.59 Å². The molecule has 4 rings (SSSR count). The Kier molecular flexibility index (Phi) is 2.32. The highest BCUT2D eigenvalue weighted by atomic mass is 16.6. The van der Waals surface area contributed by atoms with E-state index in [-0.39, 0.29) is 11.5 Å². The van der Waals surface area contributed by atoms with Gasteiger partial charge in [0.2, 0.25) is 0 Å². The standard InChI is InChI=1S/C14H14N2O4/c17-12-8-1-2-9-11(10(8)13(18)16-12)20-14(7-19-9)3-5-15-6-4-14/h1-2,15H,3-7H2,(H,16,17,18). The fourth-order valence-electron chi connectivity index (χ4n) is 3.01. The maximum absolute atomic E-state index is 11.9. The van der Waals surface area contributed by atoms with Crippen LogP contribution in [0.4, 0.5) is 0 Å². The lowest BCUT2D eigenvalue weighted by Gasteiger charge is -2.41. The summed E-state index contributed by atoms with van der Waals surface area (Å²) in [6.45, 7) is 2.20. The highest BCUT2D eigenvalue weighted by Gasteiger charge is 2.43. The van der Waals surface area contributed by atoms with Gasteiger partial charge in [0.15, 0.2) is 11.5 Å². The van der Waals surface area contributed by atoms with Gasteiger partial charge in [-0.3, -0.25) is 14.9 Å². The van der Waals surface area contributed by atoms with Crippen LogP contribution in [0.1, 0.15) is 33.6 Å². The molecular weight excluding hydrogens is 260 g/mol. The van der Waals surface area contributed by atoms with Crippen molar-refractivity contribution in [1.82, 2.24) is 10.6 Å². The molecule has 0 aromatic heterocycles. The minimum absolute atomic E-state index is 0.310. The predicted octanol–water partition coefficient (Wildman–Crippen LogP) is 0.464. The molecular formula is C14H14N2O4. The van der Waals surface area contributed by atoms with E-state index in [1.807, 2.05) is 0 Å². The Hall–Kier alpha value is -2.08. The maximum Gasteiger partial charge on any atom is 0.262 e. The molecule has 104 valence electrons. The SMILES string of the molecule is O=C1NC(=O)c2c1ccc1c2OC2(CCNCC2)CO1. The number of carbonyl (C=O) groups is 2. The van der Waals surface area contributed by atoms with Crippen LogP contribution >= 0.6 is 0 Å². The van der Waals surface area contributed by atoms with Gasteiger partial charge in [-0.1, -0.05) is 0 Å². The van der Waals surface area contributed by atoms with Gasteiger partial charge in [-0.2, -0.15) is 0 Å². The summed E-state index contributed by atoms with van der Waals surface area (Å²) in [6, 6.07) is 3.30. The Morgan fingerprint density at radius 2 is 1.90 bits per heavy atom. The molecule has 0 radical (unpaired) electrons. The summed E-state index contributed by atoms with van der Waals surface area (Å²) in [5.74, 6) is 0.175. The third-order valence-electron chi connectivity index (χ3n) is 4.14. The third-order valence-corrected chi connectivity index (χ3v) is 4.14. The molecule has 0 bridgehead atoms. The van der Waals surface area contributed by atoms with E-state index in [0.717, 1.165) is 25.9 Å². The van der Waals surface area contributed by atoms with Crippen molar-refractivity contribution in [2.75, 3.05) is 19.7 Å². The van der Waals surface area contributed by atoms with E-state index in [4.69, 9.17) is 9.47 Å². The first-order valence-corrected chi connectivity index (χ1v) is 6.74. The molecule has 20 heavy (non-hydrogen) atoms. The monoisotopic (exact) mass is 274 g/mol. The van der Waals surface area contributed by atoms with Crippen LogP contribution in [0.2, 0.25) is 0 Å². The molecule has 0 aliphatic carbocycles. The number of hydrogen-bond acceptors (Lipinski definition) is 5. The number of rotatable bonds is 0. The Morgan fingerprint density at radius 3 is 2.70 bits per heavy atom. The van der Waals surface area contributed by atoms with Crippen LogP contribution in [-0.4, -0.2) is 37.1 Å². The van der Waals surface area contributed by atoms with Crippen molar-refractivity contribution in [2.45, 2.75) is 18.4 Å². The van der Waals surface area contributed by atoms with E-state index in [0.29, 0.717) is 29.2 Å². The fourth-order valence-corrected chi connectivity index (χ4v) is 3.01.